The Bertz CT molecular complexity index is 929. The Morgan fingerprint density at radius 1 is 1.26 bits per heavy atom. The van der Waals surface area contributed by atoms with Crippen molar-refractivity contribution in [2.45, 2.75) is 18.4 Å². The second-order valence-corrected chi connectivity index (χ2v) is 5.47. The molecular weight excluding hydrogens is 365 g/mol. The number of hydrogen-bond donors (Lipinski definition) is 4. The molecule has 0 aliphatic rings. The summed E-state index contributed by atoms with van der Waals surface area (Å²) in [6.07, 6.45) is 1.13. The molecule has 12 heteroatoms. The number of aliphatic hydroxyl groups is 1. The quantitative estimate of drug-likeness (QED) is 0.357. The monoisotopic (exact) mass is 380 g/mol. The van der Waals surface area contributed by atoms with Crippen molar-refractivity contribution in [3.8, 4) is 11.4 Å². The summed E-state index contributed by atoms with van der Waals surface area (Å²) < 4.78 is 36.8. The average molecular weight is 380 g/mol. The van der Waals surface area contributed by atoms with Crippen LogP contribution in [-0.2, 0) is 0 Å². The predicted octanol–water partition coefficient (Wildman–Crippen LogP) is 1.25. The molecule has 3 aromatic heterocycles. The van der Waals surface area contributed by atoms with Crippen LogP contribution in [0.25, 0.3) is 22.4 Å². The van der Waals surface area contributed by atoms with E-state index in [1.165, 1.54) is 18.7 Å². The first-order valence-electron chi connectivity index (χ1n) is 7.71. The van der Waals surface area contributed by atoms with Crippen molar-refractivity contribution in [2.24, 2.45) is 0 Å². The van der Waals surface area contributed by atoms with Gasteiger partial charge in [-0.1, -0.05) is 6.08 Å². The molecule has 0 fully saturated rings. The molecular formula is C15H15F3N8O. The Kier molecular flexibility index (Phi) is 5.28. The second-order valence-electron chi connectivity index (χ2n) is 5.47. The maximum absolute atomic E-state index is 12.3. The van der Waals surface area contributed by atoms with E-state index in [0.29, 0.717) is 22.4 Å². The number of aromatic amines is 1. The van der Waals surface area contributed by atoms with E-state index in [1.54, 1.807) is 12.4 Å². The Hall–Kier alpha value is -3.12. The minimum Gasteiger partial charge on any atom is -0.376 e. The van der Waals surface area contributed by atoms with E-state index in [4.69, 9.17) is 0 Å². The van der Waals surface area contributed by atoms with Gasteiger partial charge in [-0.3, -0.25) is 5.32 Å². The van der Waals surface area contributed by atoms with Gasteiger partial charge in [-0.2, -0.15) is 18.2 Å². The van der Waals surface area contributed by atoms with E-state index >= 15 is 0 Å². The van der Waals surface area contributed by atoms with Crippen molar-refractivity contribution in [2.75, 3.05) is 11.9 Å². The highest BCUT2D eigenvalue weighted by atomic mass is 19.4. The van der Waals surface area contributed by atoms with Crippen LogP contribution >= 0.6 is 0 Å². The fourth-order valence-corrected chi connectivity index (χ4v) is 2.30. The Labute approximate surface area is 150 Å². The summed E-state index contributed by atoms with van der Waals surface area (Å²) in [5.74, 6) is 0.359. The maximum Gasteiger partial charge on any atom is 0.401 e. The lowest BCUT2D eigenvalue weighted by Gasteiger charge is -2.22. The van der Waals surface area contributed by atoms with Gasteiger partial charge in [0.15, 0.2) is 5.82 Å². The summed E-state index contributed by atoms with van der Waals surface area (Å²) in [6.45, 7) is 2.15. The molecule has 0 radical (unpaired) electrons. The van der Waals surface area contributed by atoms with Gasteiger partial charge in [-0.25, -0.2) is 19.9 Å². The van der Waals surface area contributed by atoms with Gasteiger partial charge in [0.1, 0.15) is 24.5 Å². The average Bonchev–Trinajstić information content (AvgIpc) is 3.08. The van der Waals surface area contributed by atoms with Gasteiger partial charge in [0.2, 0.25) is 5.95 Å². The first-order valence-corrected chi connectivity index (χ1v) is 7.71. The topological polar surface area (TPSA) is 125 Å². The third-order valence-corrected chi connectivity index (χ3v) is 3.57. The molecule has 0 aromatic carbocycles. The van der Waals surface area contributed by atoms with E-state index in [-0.39, 0.29) is 5.95 Å². The van der Waals surface area contributed by atoms with Crippen LogP contribution in [0.4, 0.5) is 19.1 Å². The van der Waals surface area contributed by atoms with Crippen molar-refractivity contribution >= 4 is 17.0 Å². The lowest BCUT2D eigenvalue weighted by molar-refractivity contribution is -0.131. The first kappa shape index (κ1) is 18.7. The summed E-state index contributed by atoms with van der Waals surface area (Å²) >= 11 is 0. The Morgan fingerprint density at radius 2 is 2.07 bits per heavy atom. The van der Waals surface area contributed by atoms with Gasteiger partial charge < -0.3 is 15.4 Å². The van der Waals surface area contributed by atoms with Gasteiger partial charge >= 0.3 is 6.18 Å². The van der Waals surface area contributed by atoms with Crippen LogP contribution in [0, 0.1) is 0 Å². The number of anilines is 1. The summed E-state index contributed by atoms with van der Waals surface area (Å²) in [5.41, 5.74) is 1.23. The van der Waals surface area contributed by atoms with Crippen molar-refractivity contribution < 1.29 is 18.3 Å². The van der Waals surface area contributed by atoms with Crippen LogP contribution in [0.3, 0.4) is 0 Å². The lowest BCUT2D eigenvalue weighted by atomic mass is 10.2. The molecule has 3 heterocycles. The molecule has 3 rings (SSSR count). The number of rotatable bonds is 7. The fraction of sp³-hybridized carbons (Fsp3) is 0.267. The van der Waals surface area contributed by atoms with E-state index in [0.717, 1.165) is 0 Å². The van der Waals surface area contributed by atoms with Gasteiger partial charge in [0, 0.05) is 23.3 Å². The molecule has 1 unspecified atom stereocenters. The first-order chi connectivity index (χ1) is 12.9. The summed E-state index contributed by atoms with van der Waals surface area (Å²) in [4.78, 5) is 23.2. The number of nitrogens with one attached hydrogen (secondary N) is 3. The zero-order valence-corrected chi connectivity index (χ0v) is 13.8. The van der Waals surface area contributed by atoms with Crippen LogP contribution in [0.15, 0.2) is 37.7 Å². The van der Waals surface area contributed by atoms with E-state index < -0.39 is 25.0 Å². The molecule has 9 nitrogen and oxygen atoms in total. The standard InChI is InChI=1S/C15H15F3N8O/c1-2-10(13(27)21-5-15(16,17)18)25-14-24-7-23-12(26-14)9-4-20-11-8(9)3-19-6-22-11/h2-4,6-7,10,13,21,27H,1,5H2,(H,19,20,22)(H,23,24,25,26)/t10-,13?/m1/s1. The zero-order chi connectivity index (χ0) is 19.4. The van der Waals surface area contributed by atoms with Crippen LogP contribution in [0.1, 0.15) is 0 Å². The lowest BCUT2D eigenvalue weighted by Crippen LogP contribution is -2.46. The molecule has 0 bridgehead atoms. The van der Waals surface area contributed by atoms with Crippen LogP contribution in [-0.4, -0.2) is 60.0 Å². The highest BCUT2D eigenvalue weighted by Gasteiger charge is 2.29. The van der Waals surface area contributed by atoms with E-state index in [2.05, 4.69) is 41.8 Å². The molecule has 0 aliphatic heterocycles. The molecule has 0 spiro atoms. The number of alkyl halides is 3. The van der Waals surface area contributed by atoms with Crippen LogP contribution in [0.2, 0.25) is 0 Å². The normalized spacial score (nSPS) is 14.1. The fourth-order valence-electron chi connectivity index (χ4n) is 2.30. The van der Waals surface area contributed by atoms with Crippen molar-refractivity contribution in [1.29, 1.82) is 0 Å². The zero-order valence-electron chi connectivity index (χ0n) is 13.8. The smallest absolute Gasteiger partial charge is 0.376 e. The second kappa shape index (κ2) is 7.63. The van der Waals surface area contributed by atoms with E-state index in [1.807, 2.05) is 5.32 Å². The molecule has 142 valence electrons. The van der Waals surface area contributed by atoms with Gasteiger partial charge in [0.25, 0.3) is 0 Å². The molecule has 4 N–H and O–H groups in total. The molecule has 27 heavy (non-hydrogen) atoms. The molecule has 2 atom stereocenters. The number of fused-ring (bicyclic) bond motifs is 1. The van der Waals surface area contributed by atoms with E-state index in [9.17, 15) is 18.3 Å². The number of aromatic nitrogens is 6. The van der Waals surface area contributed by atoms with Crippen LogP contribution < -0.4 is 10.6 Å². The molecule has 0 saturated carbocycles. The minimum absolute atomic E-state index is 0.0592. The predicted molar refractivity (Wildman–Crippen MR) is 90.4 cm³/mol. The summed E-state index contributed by atoms with van der Waals surface area (Å²) in [5, 5.41) is 15.3. The number of hydrogen-bond acceptors (Lipinski definition) is 8. The number of nitrogens with zero attached hydrogens (tertiary/aromatic N) is 5. The highest BCUT2D eigenvalue weighted by molar-refractivity contribution is 5.90. The van der Waals surface area contributed by atoms with Gasteiger partial charge in [-0.15, -0.1) is 6.58 Å². The number of aliphatic hydroxyl groups excluding tert-OH is 1. The third-order valence-electron chi connectivity index (χ3n) is 3.57. The van der Waals surface area contributed by atoms with Crippen molar-refractivity contribution in [3.05, 3.63) is 37.7 Å². The molecule has 0 aliphatic carbocycles. The number of halogens is 3. The van der Waals surface area contributed by atoms with Gasteiger partial charge in [-0.05, 0) is 0 Å². The van der Waals surface area contributed by atoms with Crippen molar-refractivity contribution in [3.63, 3.8) is 0 Å². The largest absolute Gasteiger partial charge is 0.401 e. The maximum atomic E-state index is 12.3. The molecule has 3 aromatic rings. The van der Waals surface area contributed by atoms with Crippen LogP contribution in [0.5, 0.6) is 0 Å². The number of H-pyrrole nitrogens is 1. The Balaban J connectivity index is 1.77. The van der Waals surface area contributed by atoms with Crippen molar-refractivity contribution in [1.82, 2.24) is 35.2 Å². The Morgan fingerprint density at radius 3 is 2.81 bits per heavy atom. The molecule has 0 amide bonds. The minimum atomic E-state index is -4.45. The summed E-state index contributed by atoms with van der Waals surface area (Å²) in [7, 11) is 0. The highest BCUT2D eigenvalue weighted by Crippen LogP contribution is 2.24. The third kappa shape index (κ3) is 4.54. The summed E-state index contributed by atoms with van der Waals surface area (Å²) in [6, 6.07) is -0.964. The molecule has 0 saturated heterocycles. The van der Waals surface area contributed by atoms with Gasteiger partial charge in [0.05, 0.1) is 12.6 Å². The SMILES string of the molecule is C=C[C@@H](Nc1ncnc(-c2c[nH]c3ncncc23)n1)C(O)NCC(F)(F)F.